The number of carbonyl (C=O) groups excluding carboxylic acids is 2. The van der Waals surface area contributed by atoms with E-state index in [2.05, 4.69) is 13.8 Å². The molecule has 4 fully saturated rings. The van der Waals surface area contributed by atoms with Crippen molar-refractivity contribution in [2.24, 2.45) is 40.4 Å². The van der Waals surface area contributed by atoms with Gasteiger partial charge >= 0.3 is 5.97 Å². The molecule has 4 heteroatoms. The van der Waals surface area contributed by atoms with Crippen LogP contribution in [0.15, 0.2) is 0 Å². The van der Waals surface area contributed by atoms with Gasteiger partial charge in [-0.2, -0.15) is 0 Å². The summed E-state index contributed by atoms with van der Waals surface area (Å²) in [5, 5.41) is 10.8. The zero-order chi connectivity index (χ0) is 18.7. The van der Waals surface area contributed by atoms with Gasteiger partial charge in [-0.3, -0.25) is 9.59 Å². The summed E-state index contributed by atoms with van der Waals surface area (Å²) in [6.45, 7) is 6.77. The Balaban J connectivity index is 1.57. The van der Waals surface area contributed by atoms with Crippen LogP contribution in [0.3, 0.4) is 0 Å². The SMILES string of the molecule is CCOC(=O)[C@H]1C[C@@H]2CC[C@@H]3[C@H](CC[C@]4(C)C(=O)CC[C@@H]34)[C@@]2(C)C[C@@H]1O. The molecule has 0 bridgehead atoms. The standard InChI is InChI=1S/C22H34O4/c1-4-26-20(25)15-11-13-5-6-14-16-7-8-19(24)21(16,2)10-9-17(14)22(13,3)12-18(15)23/h13-18,23H,4-12H2,1-3H3/t13-,14-,15-,16-,17-,18-,21-,22-/m0/s1. The van der Waals surface area contributed by atoms with Crippen LogP contribution in [0.5, 0.6) is 0 Å². The number of hydrogen-bond acceptors (Lipinski definition) is 4. The molecule has 4 aliphatic carbocycles. The fourth-order valence-electron chi connectivity index (χ4n) is 7.57. The summed E-state index contributed by atoms with van der Waals surface area (Å²) in [7, 11) is 0. The number of rotatable bonds is 2. The third-order valence-corrected chi connectivity index (χ3v) is 9.02. The van der Waals surface area contributed by atoms with Crippen molar-refractivity contribution in [3.63, 3.8) is 0 Å². The monoisotopic (exact) mass is 362 g/mol. The molecule has 0 heterocycles. The smallest absolute Gasteiger partial charge is 0.311 e. The molecule has 0 spiro atoms. The van der Waals surface area contributed by atoms with E-state index in [9.17, 15) is 14.7 Å². The lowest BCUT2D eigenvalue weighted by molar-refractivity contribution is -0.172. The topological polar surface area (TPSA) is 63.6 Å². The Kier molecular flexibility index (Phi) is 4.49. The molecular weight excluding hydrogens is 328 g/mol. The van der Waals surface area contributed by atoms with Gasteiger partial charge in [-0.15, -0.1) is 0 Å². The molecule has 0 unspecified atom stereocenters. The van der Waals surface area contributed by atoms with Crippen molar-refractivity contribution in [2.45, 2.75) is 78.2 Å². The van der Waals surface area contributed by atoms with Crippen molar-refractivity contribution in [3.8, 4) is 0 Å². The van der Waals surface area contributed by atoms with Crippen molar-refractivity contribution >= 4 is 11.8 Å². The van der Waals surface area contributed by atoms with Crippen molar-refractivity contribution in [1.29, 1.82) is 0 Å². The number of fused-ring (bicyclic) bond motifs is 5. The Morgan fingerprint density at radius 2 is 1.96 bits per heavy atom. The molecule has 0 amide bonds. The first-order valence-electron chi connectivity index (χ1n) is 10.7. The van der Waals surface area contributed by atoms with E-state index in [0.717, 1.165) is 38.5 Å². The van der Waals surface area contributed by atoms with E-state index in [1.165, 1.54) is 6.42 Å². The minimum Gasteiger partial charge on any atom is -0.466 e. The number of aliphatic hydroxyl groups excluding tert-OH is 1. The molecule has 0 aromatic rings. The lowest BCUT2D eigenvalue weighted by Gasteiger charge is -2.60. The number of ketones is 1. The zero-order valence-electron chi connectivity index (χ0n) is 16.5. The molecule has 146 valence electrons. The molecule has 1 N–H and O–H groups in total. The van der Waals surface area contributed by atoms with Crippen LogP contribution in [-0.2, 0) is 14.3 Å². The van der Waals surface area contributed by atoms with Crippen LogP contribution < -0.4 is 0 Å². The van der Waals surface area contributed by atoms with Crippen molar-refractivity contribution in [2.75, 3.05) is 6.61 Å². The molecule has 4 nitrogen and oxygen atoms in total. The summed E-state index contributed by atoms with van der Waals surface area (Å²) in [6, 6.07) is 0. The third kappa shape index (κ3) is 2.51. The highest BCUT2D eigenvalue weighted by Crippen LogP contribution is 2.65. The van der Waals surface area contributed by atoms with Gasteiger partial charge in [0, 0.05) is 11.8 Å². The van der Waals surface area contributed by atoms with Crippen LogP contribution in [0.1, 0.15) is 72.1 Å². The molecule has 26 heavy (non-hydrogen) atoms. The first kappa shape index (κ1) is 18.5. The zero-order valence-corrected chi connectivity index (χ0v) is 16.5. The van der Waals surface area contributed by atoms with E-state index in [1.807, 2.05) is 6.92 Å². The van der Waals surface area contributed by atoms with Crippen LogP contribution in [0.4, 0.5) is 0 Å². The molecule has 4 rings (SSSR count). The van der Waals surface area contributed by atoms with Gasteiger partial charge in [-0.25, -0.2) is 0 Å². The highest BCUT2D eigenvalue weighted by atomic mass is 16.5. The maximum Gasteiger partial charge on any atom is 0.311 e. The van der Waals surface area contributed by atoms with Crippen LogP contribution in [-0.4, -0.2) is 29.6 Å². The number of hydrogen-bond donors (Lipinski definition) is 1. The highest BCUT2D eigenvalue weighted by Gasteiger charge is 2.61. The van der Waals surface area contributed by atoms with E-state index in [-0.39, 0.29) is 22.7 Å². The van der Waals surface area contributed by atoms with Gasteiger partial charge in [0.15, 0.2) is 0 Å². The van der Waals surface area contributed by atoms with Gasteiger partial charge in [0.25, 0.3) is 0 Å². The summed E-state index contributed by atoms with van der Waals surface area (Å²) < 4.78 is 5.22. The molecule has 0 aromatic carbocycles. The van der Waals surface area contributed by atoms with Gasteiger partial charge in [0.05, 0.1) is 18.6 Å². The van der Waals surface area contributed by atoms with E-state index >= 15 is 0 Å². The van der Waals surface area contributed by atoms with Crippen LogP contribution in [0.2, 0.25) is 0 Å². The summed E-state index contributed by atoms with van der Waals surface area (Å²) in [5.74, 6) is 2.14. The predicted molar refractivity (Wildman–Crippen MR) is 98.2 cm³/mol. The Labute approximate surface area is 157 Å². The van der Waals surface area contributed by atoms with Gasteiger partial charge < -0.3 is 9.84 Å². The van der Waals surface area contributed by atoms with Gasteiger partial charge in [-0.05, 0) is 81.0 Å². The van der Waals surface area contributed by atoms with E-state index < -0.39 is 6.10 Å². The van der Waals surface area contributed by atoms with Crippen molar-refractivity contribution in [3.05, 3.63) is 0 Å². The number of ether oxygens (including phenoxy) is 1. The third-order valence-electron chi connectivity index (χ3n) is 9.02. The van der Waals surface area contributed by atoms with Crippen LogP contribution in [0, 0.1) is 40.4 Å². The molecule has 0 aromatic heterocycles. The number of carbonyl (C=O) groups is 2. The normalized spacial score (nSPS) is 50.5. The number of Topliss-reactive ketones (excluding diaryl/α,β-unsaturated/α-hetero) is 1. The molecule has 0 radical (unpaired) electrons. The maximum atomic E-state index is 12.5. The highest BCUT2D eigenvalue weighted by molar-refractivity contribution is 5.87. The van der Waals surface area contributed by atoms with Crippen LogP contribution in [0.25, 0.3) is 0 Å². The summed E-state index contributed by atoms with van der Waals surface area (Å²) in [5.41, 5.74) is 0.00338. The lowest BCUT2D eigenvalue weighted by Crippen LogP contribution is -2.56. The second-order valence-corrected chi connectivity index (χ2v) is 9.94. The largest absolute Gasteiger partial charge is 0.466 e. The van der Waals surface area contributed by atoms with E-state index in [0.29, 0.717) is 42.5 Å². The van der Waals surface area contributed by atoms with Gasteiger partial charge in [0.1, 0.15) is 5.78 Å². The minimum atomic E-state index is -0.590. The second-order valence-electron chi connectivity index (χ2n) is 9.94. The summed E-state index contributed by atoms with van der Waals surface area (Å²) in [4.78, 5) is 24.8. The Hall–Kier alpha value is -0.900. The Bertz CT molecular complexity index is 601. The number of aliphatic hydroxyl groups is 1. The molecule has 4 aliphatic rings. The molecular formula is C22H34O4. The molecule has 0 aliphatic heterocycles. The average Bonchev–Trinajstić information content (AvgIpc) is 2.89. The van der Waals surface area contributed by atoms with Gasteiger partial charge in [0.2, 0.25) is 0 Å². The minimum absolute atomic E-state index is 0.0921. The Morgan fingerprint density at radius 3 is 2.69 bits per heavy atom. The van der Waals surface area contributed by atoms with Crippen molar-refractivity contribution < 1.29 is 19.4 Å². The maximum absolute atomic E-state index is 12.5. The number of esters is 1. The summed E-state index contributed by atoms with van der Waals surface area (Å²) >= 11 is 0. The van der Waals surface area contributed by atoms with E-state index in [1.54, 1.807) is 0 Å². The fraction of sp³-hybridized carbons (Fsp3) is 0.909. The molecule has 8 atom stereocenters. The lowest BCUT2D eigenvalue weighted by atomic mass is 9.44. The first-order chi connectivity index (χ1) is 12.3. The quantitative estimate of drug-likeness (QED) is 0.760. The average molecular weight is 363 g/mol. The van der Waals surface area contributed by atoms with Gasteiger partial charge in [-0.1, -0.05) is 13.8 Å². The van der Waals surface area contributed by atoms with Crippen LogP contribution >= 0.6 is 0 Å². The first-order valence-corrected chi connectivity index (χ1v) is 10.7. The van der Waals surface area contributed by atoms with E-state index in [4.69, 9.17) is 4.74 Å². The Morgan fingerprint density at radius 1 is 1.19 bits per heavy atom. The molecule has 0 saturated heterocycles. The molecule has 4 saturated carbocycles. The fourth-order valence-corrected chi connectivity index (χ4v) is 7.57. The second kappa shape index (κ2) is 6.32. The predicted octanol–water partition coefficient (Wildman–Crippen LogP) is 3.75. The van der Waals surface area contributed by atoms with Crippen molar-refractivity contribution in [1.82, 2.24) is 0 Å². The summed E-state index contributed by atoms with van der Waals surface area (Å²) in [6.07, 6.45) is 7.13.